The van der Waals surface area contributed by atoms with Crippen LogP contribution in [-0.4, -0.2) is 48.3 Å². The first kappa shape index (κ1) is 27.4. The molecule has 0 amide bonds. The molecule has 37 heavy (non-hydrogen) atoms. The molecule has 11 heteroatoms. The first-order valence-electron chi connectivity index (χ1n) is 11.9. The fourth-order valence-corrected chi connectivity index (χ4v) is 5.30. The monoisotopic (exact) mass is 533 g/mol. The number of nitrogens with zero attached hydrogens (tertiary/aromatic N) is 1. The van der Waals surface area contributed by atoms with Gasteiger partial charge in [-0.2, -0.15) is 26.3 Å². The van der Waals surface area contributed by atoms with Crippen LogP contribution in [0.15, 0.2) is 42.5 Å². The van der Waals surface area contributed by atoms with Crippen LogP contribution in [0, 0.1) is 17.7 Å². The number of likely N-dealkylation sites (tertiary alicyclic amines) is 1. The van der Waals surface area contributed by atoms with Crippen molar-refractivity contribution in [2.45, 2.75) is 43.6 Å². The lowest BCUT2D eigenvalue weighted by atomic mass is 9.86. The average Bonchev–Trinajstić information content (AvgIpc) is 3.17. The fraction of sp³-hybridized carbons (Fsp3) is 0.500. The molecule has 1 N–H and O–H groups in total. The van der Waals surface area contributed by atoms with Crippen LogP contribution in [0.1, 0.15) is 41.0 Å². The molecule has 0 spiro atoms. The quantitative estimate of drug-likeness (QED) is 0.423. The second-order valence-electron chi connectivity index (χ2n) is 9.74. The Labute approximate surface area is 209 Å². The number of rotatable bonds is 8. The molecule has 1 heterocycles. The highest BCUT2D eigenvalue weighted by atomic mass is 19.4. The molecule has 4 nitrogen and oxygen atoms in total. The predicted molar refractivity (Wildman–Crippen MR) is 119 cm³/mol. The van der Waals surface area contributed by atoms with Gasteiger partial charge in [-0.15, -0.1) is 0 Å². The minimum Gasteiger partial charge on any atom is -0.481 e. The van der Waals surface area contributed by atoms with E-state index in [9.17, 15) is 35.5 Å². The van der Waals surface area contributed by atoms with Gasteiger partial charge in [0.2, 0.25) is 0 Å². The van der Waals surface area contributed by atoms with Gasteiger partial charge < -0.3 is 14.7 Å². The lowest BCUT2D eigenvalue weighted by Gasteiger charge is -2.39. The second kappa shape index (κ2) is 10.6. The number of carboxylic acids is 1. The molecule has 2 aromatic rings. The van der Waals surface area contributed by atoms with Gasteiger partial charge in [0.15, 0.2) is 0 Å². The van der Waals surface area contributed by atoms with Gasteiger partial charge >= 0.3 is 18.3 Å². The van der Waals surface area contributed by atoms with E-state index in [1.165, 1.54) is 12.1 Å². The summed E-state index contributed by atoms with van der Waals surface area (Å²) in [5.41, 5.74) is -2.04. The smallest absolute Gasteiger partial charge is 0.416 e. The Balaban J connectivity index is 1.45. The summed E-state index contributed by atoms with van der Waals surface area (Å²) in [6, 6.07) is 7.45. The van der Waals surface area contributed by atoms with Gasteiger partial charge in [-0.25, -0.2) is 4.39 Å². The number of halogens is 7. The number of aliphatic carboxylic acids is 1. The number of hydrogen-bond acceptors (Lipinski definition) is 3. The Morgan fingerprint density at radius 2 is 1.54 bits per heavy atom. The second-order valence-corrected chi connectivity index (χ2v) is 9.74. The topological polar surface area (TPSA) is 49.8 Å². The molecule has 202 valence electrons. The van der Waals surface area contributed by atoms with Crippen LogP contribution in [-0.2, 0) is 28.3 Å². The van der Waals surface area contributed by atoms with Crippen LogP contribution in [0.5, 0.6) is 0 Å². The molecule has 2 aromatic carbocycles. The zero-order valence-electron chi connectivity index (χ0n) is 19.7. The van der Waals surface area contributed by atoms with Crippen LogP contribution < -0.4 is 0 Å². The Hall–Kier alpha value is -2.66. The van der Waals surface area contributed by atoms with E-state index in [2.05, 4.69) is 0 Å². The number of hydrogen-bond donors (Lipinski definition) is 1. The highest BCUT2D eigenvalue weighted by molar-refractivity contribution is 5.71. The molecule has 1 aliphatic heterocycles. The van der Waals surface area contributed by atoms with Gasteiger partial charge in [0.25, 0.3) is 0 Å². The van der Waals surface area contributed by atoms with Crippen LogP contribution in [0.25, 0.3) is 0 Å². The van der Waals surface area contributed by atoms with Gasteiger partial charge in [0.05, 0.1) is 29.8 Å². The van der Waals surface area contributed by atoms with Crippen molar-refractivity contribution in [2.75, 3.05) is 26.2 Å². The van der Waals surface area contributed by atoms with Crippen molar-refractivity contribution < 1.29 is 45.4 Å². The number of ether oxygens (including phenoxy) is 1. The number of alkyl halides is 6. The summed E-state index contributed by atoms with van der Waals surface area (Å²) in [5.74, 6) is -1.76. The third-order valence-corrected chi connectivity index (χ3v) is 7.15. The molecule has 0 bridgehead atoms. The van der Waals surface area contributed by atoms with Crippen molar-refractivity contribution in [2.24, 2.45) is 11.8 Å². The number of carboxylic acid groups (broad SMARTS) is 1. The molecule has 1 saturated heterocycles. The molecule has 3 unspecified atom stereocenters. The van der Waals surface area contributed by atoms with Crippen molar-refractivity contribution in [1.29, 1.82) is 0 Å². The Kier molecular flexibility index (Phi) is 7.85. The molecule has 3 atom stereocenters. The zero-order chi connectivity index (χ0) is 27.0. The zero-order valence-corrected chi connectivity index (χ0v) is 19.7. The first-order valence-corrected chi connectivity index (χ1v) is 11.9. The van der Waals surface area contributed by atoms with E-state index in [4.69, 9.17) is 9.84 Å². The van der Waals surface area contributed by atoms with Crippen LogP contribution >= 0.6 is 0 Å². The lowest BCUT2D eigenvalue weighted by molar-refractivity contribution is -0.148. The minimum atomic E-state index is -4.92. The first-order chi connectivity index (χ1) is 17.3. The third-order valence-electron chi connectivity index (χ3n) is 7.15. The maximum absolute atomic E-state index is 13.5. The molecule has 1 saturated carbocycles. The highest BCUT2D eigenvalue weighted by Crippen LogP contribution is 2.43. The molecule has 2 fully saturated rings. The molecule has 1 aliphatic carbocycles. The summed E-state index contributed by atoms with van der Waals surface area (Å²) in [7, 11) is 0. The SMILES string of the molecule is O=C(O)C1CN(CC2CCC(OCCc3cc(C(F)(F)F)cc(C(F)(F)F)c3)C2c2ccc(F)cc2)C1. The molecule has 0 radical (unpaired) electrons. The highest BCUT2D eigenvalue weighted by Gasteiger charge is 2.42. The van der Waals surface area contributed by atoms with Crippen LogP contribution in [0.2, 0.25) is 0 Å². The molecule has 0 aromatic heterocycles. The standard InChI is InChI=1S/C26H26F7NO3/c27-21-4-1-16(2-5-21)23-17(12-34-13-18(14-34)24(35)36)3-6-22(23)37-8-7-15-9-19(25(28,29)30)11-20(10-15)26(31,32)33/h1-2,4-5,9-11,17-18,22-23H,3,6-8,12-14H2,(H,35,36). The predicted octanol–water partition coefficient (Wildman–Crippen LogP) is 6.00. The van der Waals surface area contributed by atoms with E-state index in [0.717, 1.165) is 12.0 Å². The minimum absolute atomic E-state index is 0.0793. The largest absolute Gasteiger partial charge is 0.481 e. The van der Waals surface area contributed by atoms with Gasteiger partial charge in [-0.05, 0) is 66.6 Å². The molecule has 2 aliphatic rings. The lowest BCUT2D eigenvalue weighted by Crippen LogP contribution is -2.52. The Bertz CT molecular complexity index is 1060. The molecular formula is C26H26F7NO3. The van der Waals surface area contributed by atoms with Gasteiger partial charge in [-0.1, -0.05) is 12.1 Å². The summed E-state index contributed by atoms with van der Waals surface area (Å²) in [6.45, 7) is 1.40. The Morgan fingerprint density at radius 3 is 2.08 bits per heavy atom. The van der Waals surface area contributed by atoms with Crippen molar-refractivity contribution in [3.63, 3.8) is 0 Å². The maximum atomic E-state index is 13.5. The van der Waals surface area contributed by atoms with Crippen molar-refractivity contribution in [3.05, 3.63) is 70.5 Å². The van der Waals surface area contributed by atoms with Crippen molar-refractivity contribution >= 4 is 5.97 Å². The third kappa shape index (κ3) is 6.62. The van der Waals surface area contributed by atoms with Crippen LogP contribution in [0.3, 0.4) is 0 Å². The van der Waals surface area contributed by atoms with Crippen molar-refractivity contribution in [1.82, 2.24) is 4.90 Å². The van der Waals surface area contributed by atoms with E-state index >= 15 is 0 Å². The fourth-order valence-electron chi connectivity index (χ4n) is 5.30. The van der Waals surface area contributed by atoms with Gasteiger partial charge in [-0.3, -0.25) is 4.79 Å². The molecular weight excluding hydrogens is 507 g/mol. The average molecular weight is 533 g/mol. The molecule has 4 rings (SSSR count). The van der Waals surface area contributed by atoms with Crippen molar-refractivity contribution in [3.8, 4) is 0 Å². The van der Waals surface area contributed by atoms with E-state index in [1.807, 2.05) is 4.90 Å². The van der Waals surface area contributed by atoms with E-state index in [0.29, 0.717) is 38.2 Å². The summed E-state index contributed by atoms with van der Waals surface area (Å²) < 4.78 is 98.5. The van der Waals surface area contributed by atoms with Crippen LogP contribution in [0.4, 0.5) is 30.7 Å². The normalized spacial score (nSPS) is 23.3. The summed E-state index contributed by atoms with van der Waals surface area (Å²) in [5, 5.41) is 9.12. The summed E-state index contributed by atoms with van der Waals surface area (Å²) in [4.78, 5) is 13.1. The Morgan fingerprint density at radius 1 is 0.946 bits per heavy atom. The van der Waals surface area contributed by atoms with E-state index in [-0.39, 0.29) is 42.6 Å². The van der Waals surface area contributed by atoms with E-state index in [1.54, 1.807) is 12.1 Å². The van der Waals surface area contributed by atoms with Gasteiger partial charge in [0.1, 0.15) is 5.82 Å². The van der Waals surface area contributed by atoms with E-state index < -0.39 is 41.2 Å². The summed E-state index contributed by atoms with van der Waals surface area (Å²) in [6.07, 6.45) is -8.99. The van der Waals surface area contributed by atoms with Gasteiger partial charge in [0, 0.05) is 25.6 Å². The summed E-state index contributed by atoms with van der Waals surface area (Å²) >= 11 is 0. The number of carbonyl (C=O) groups is 1. The maximum Gasteiger partial charge on any atom is 0.416 e. The number of benzene rings is 2.